The van der Waals surface area contributed by atoms with Gasteiger partial charge in [-0.1, -0.05) is 13.3 Å². The maximum atomic E-state index is 13.0. The number of hydrogen-bond donors (Lipinski definition) is 1. The molecule has 8 nitrogen and oxygen atoms in total. The van der Waals surface area contributed by atoms with Gasteiger partial charge in [0.25, 0.3) is 0 Å². The number of carbonyl (C=O) groups excluding carboxylic acids is 1. The Hall–Kier alpha value is -1.68. The minimum atomic E-state index is -3.59. The van der Waals surface area contributed by atoms with Crippen LogP contribution in [0.15, 0.2) is 23.1 Å². The number of nitrogens with one attached hydrogen (secondary N) is 1. The number of aryl methyl sites for hydroxylation is 1. The van der Waals surface area contributed by atoms with E-state index in [-0.39, 0.29) is 10.8 Å². The van der Waals surface area contributed by atoms with E-state index in [0.717, 1.165) is 25.1 Å². The Morgan fingerprint density at radius 3 is 2.73 bits per heavy atom. The summed E-state index contributed by atoms with van der Waals surface area (Å²) >= 11 is 0. The number of sulfonamides is 1. The van der Waals surface area contributed by atoms with Gasteiger partial charge >= 0.3 is 0 Å². The lowest BCUT2D eigenvalue weighted by Crippen LogP contribution is -2.40. The molecule has 3 rings (SSSR count). The first-order chi connectivity index (χ1) is 16.0. The molecule has 1 amide bonds. The van der Waals surface area contributed by atoms with E-state index in [2.05, 4.69) is 17.1 Å². The first-order valence-corrected chi connectivity index (χ1v) is 13.6. The Bertz CT molecular complexity index is 871. The lowest BCUT2D eigenvalue weighted by atomic mass is 10.00. The van der Waals surface area contributed by atoms with Crippen LogP contribution < -0.4 is 10.1 Å². The van der Waals surface area contributed by atoms with Crippen molar-refractivity contribution in [2.45, 2.75) is 62.8 Å². The van der Waals surface area contributed by atoms with Gasteiger partial charge in [-0.2, -0.15) is 4.31 Å². The van der Waals surface area contributed by atoms with Crippen molar-refractivity contribution >= 4 is 15.9 Å². The number of ether oxygens (including phenoxy) is 2. The number of rotatable bonds is 11. The van der Waals surface area contributed by atoms with Crippen molar-refractivity contribution in [2.24, 2.45) is 0 Å². The van der Waals surface area contributed by atoms with Crippen molar-refractivity contribution in [2.75, 3.05) is 53.0 Å². The molecule has 186 valence electrons. The van der Waals surface area contributed by atoms with Gasteiger partial charge in [0.05, 0.1) is 25.2 Å². The Labute approximate surface area is 198 Å². The third kappa shape index (κ3) is 7.15. The number of benzene rings is 1. The molecule has 0 spiro atoms. The Morgan fingerprint density at radius 2 is 2.00 bits per heavy atom. The molecule has 0 bridgehead atoms. The summed E-state index contributed by atoms with van der Waals surface area (Å²) in [6.07, 6.45) is 6.72. The highest BCUT2D eigenvalue weighted by molar-refractivity contribution is 7.89. The topological polar surface area (TPSA) is 88.2 Å². The Balaban J connectivity index is 1.50. The summed E-state index contributed by atoms with van der Waals surface area (Å²) in [6.45, 7) is 6.60. The van der Waals surface area contributed by atoms with E-state index in [9.17, 15) is 13.2 Å². The molecule has 0 aromatic heterocycles. The second-order valence-corrected chi connectivity index (χ2v) is 10.7. The van der Waals surface area contributed by atoms with Gasteiger partial charge < -0.3 is 19.7 Å². The molecule has 9 heteroatoms. The molecule has 2 saturated heterocycles. The van der Waals surface area contributed by atoms with Gasteiger partial charge in [0.1, 0.15) is 5.75 Å². The summed E-state index contributed by atoms with van der Waals surface area (Å²) in [5, 5.41) is 3.01. The first-order valence-electron chi connectivity index (χ1n) is 12.2. The monoisotopic (exact) mass is 481 g/mol. The van der Waals surface area contributed by atoms with Crippen LogP contribution in [0.4, 0.5) is 0 Å². The fourth-order valence-electron chi connectivity index (χ4n) is 4.71. The van der Waals surface area contributed by atoms with Gasteiger partial charge in [-0.05, 0) is 62.4 Å². The van der Waals surface area contributed by atoms with Crippen LogP contribution in [0.1, 0.15) is 51.0 Å². The van der Waals surface area contributed by atoms with Gasteiger partial charge in [-0.15, -0.1) is 0 Å². The van der Waals surface area contributed by atoms with E-state index < -0.39 is 10.0 Å². The number of morpholine rings is 1. The number of piperidine rings is 1. The third-order valence-corrected chi connectivity index (χ3v) is 8.54. The molecule has 0 saturated carbocycles. The van der Waals surface area contributed by atoms with Gasteiger partial charge in [0.2, 0.25) is 15.9 Å². The van der Waals surface area contributed by atoms with E-state index >= 15 is 0 Å². The second kappa shape index (κ2) is 12.7. The van der Waals surface area contributed by atoms with Gasteiger partial charge in [0.15, 0.2) is 0 Å². The molecule has 2 fully saturated rings. The van der Waals surface area contributed by atoms with Gasteiger partial charge in [-0.25, -0.2) is 8.42 Å². The molecule has 1 N–H and O–H groups in total. The van der Waals surface area contributed by atoms with Crippen molar-refractivity contribution in [1.82, 2.24) is 14.5 Å². The predicted octanol–water partition coefficient (Wildman–Crippen LogP) is 2.42. The zero-order valence-corrected chi connectivity index (χ0v) is 20.9. The minimum absolute atomic E-state index is 0.0239. The zero-order chi connectivity index (χ0) is 23.7. The number of amides is 1. The van der Waals surface area contributed by atoms with E-state index in [1.165, 1.54) is 30.0 Å². The second-order valence-electron chi connectivity index (χ2n) is 8.79. The standard InChI is InChI=1S/C24H39N3O5S/c1-3-21-7-4-5-13-26(21)14-6-12-25-24(28)11-8-20-19-22(9-10-23(20)31-2)33(29,30)27-15-17-32-18-16-27/h9-10,19,21H,3-8,11-18H2,1-2H3,(H,25,28). The molecule has 2 aliphatic heterocycles. The maximum Gasteiger partial charge on any atom is 0.243 e. The van der Waals surface area contributed by atoms with Crippen LogP contribution in [0.25, 0.3) is 0 Å². The van der Waals surface area contributed by atoms with Gasteiger partial charge in [-0.3, -0.25) is 4.79 Å². The fraction of sp³-hybridized carbons (Fsp3) is 0.708. The largest absolute Gasteiger partial charge is 0.496 e. The van der Waals surface area contributed by atoms with Crippen LogP contribution >= 0.6 is 0 Å². The number of likely N-dealkylation sites (tertiary alicyclic amines) is 1. The smallest absolute Gasteiger partial charge is 0.243 e. The average molecular weight is 482 g/mol. The van der Waals surface area contributed by atoms with Crippen LogP contribution in [0.3, 0.4) is 0 Å². The Kier molecular flexibility index (Phi) is 9.97. The Morgan fingerprint density at radius 1 is 1.21 bits per heavy atom. The van der Waals surface area contributed by atoms with E-state index in [0.29, 0.717) is 57.5 Å². The van der Waals surface area contributed by atoms with Crippen molar-refractivity contribution in [3.8, 4) is 5.75 Å². The molecule has 1 unspecified atom stereocenters. The summed E-state index contributed by atoms with van der Waals surface area (Å²) in [5.74, 6) is 0.573. The fourth-order valence-corrected chi connectivity index (χ4v) is 6.17. The highest BCUT2D eigenvalue weighted by atomic mass is 32.2. The molecule has 2 heterocycles. The quantitative estimate of drug-likeness (QED) is 0.489. The van der Waals surface area contributed by atoms with Crippen molar-refractivity contribution in [3.63, 3.8) is 0 Å². The highest BCUT2D eigenvalue weighted by Gasteiger charge is 2.27. The molecular weight excluding hydrogens is 442 g/mol. The molecular formula is C24H39N3O5S. The van der Waals surface area contributed by atoms with E-state index in [1.54, 1.807) is 25.3 Å². The van der Waals surface area contributed by atoms with Crippen molar-refractivity contribution < 1.29 is 22.7 Å². The maximum absolute atomic E-state index is 13.0. The van der Waals surface area contributed by atoms with E-state index in [1.807, 2.05) is 0 Å². The van der Waals surface area contributed by atoms with Crippen molar-refractivity contribution in [3.05, 3.63) is 23.8 Å². The van der Waals surface area contributed by atoms with Crippen molar-refractivity contribution in [1.29, 1.82) is 0 Å². The summed E-state index contributed by atoms with van der Waals surface area (Å²) in [7, 11) is -2.04. The average Bonchev–Trinajstić information content (AvgIpc) is 2.85. The normalized spacial score (nSPS) is 20.5. The van der Waals surface area contributed by atoms with Crippen LogP contribution in [0, 0.1) is 0 Å². The van der Waals surface area contributed by atoms with Gasteiger partial charge in [0, 0.05) is 38.6 Å². The minimum Gasteiger partial charge on any atom is -0.496 e. The molecule has 0 aliphatic carbocycles. The molecule has 2 aliphatic rings. The number of hydrogen-bond acceptors (Lipinski definition) is 6. The third-order valence-electron chi connectivity index (χ3n) is 6.65. The van der Waals surface area contributed by atoms with Crippen LogP contribution in [0.5, 0.6) is 5.75 Å². The molecule has 0 radical (unpaired) electrons. The summed E-state index contributed by atoms with van der Waals surface area (Å²) in [4.78, 5) is 15.2. The summed E-state index contributed by atoms with van der Waals surface area (Å²) in [5.41, 5.74) is 0.723. The van der Waals surface area contributed by atoms with Crippen LogP contribution in [-0.2, 0) is 26.0 Å². The SMILES string of the molecule is CCC1CCCCN1CCCNC(=O)CCc1cc(S(=O)(=O)N2CCOCC2)ccc1OC. The highest BCUT2D eigenvalue weighted by Crippen LogP contribution is 2.26. The van der Waals surface area contributed by atoms with Crippen LogP contribution in [0.2, 0.25) is 0 Å². The summed E-state index contributed by atoms with van der Waals surface area (Å²) < 4.78 is 38.1. The predicted molar refractivity (Wildman–Crippen MR) is 128 cm³/mol. The van der Waals surface area contributed by atoms with Crippen LogP contribution in [-0.4, -0.2) is 82.6 Å². The number of nitrogens with zero attached hydrogens (tertiary/aromatic N) is 2. The number of carbonyl (C=O) groups is 1. The molecule has 1 atom stereocenters. The summed E-state index contributed by atoms with van der Waals surface area (Å²) in [6, 6.07) is 5.56. The molecule has 1 aromatic carbocycles. The number of methoxy groups -OCH3 is 1. The lowest BCUT2D eigenvalue weighted by molar-refractivity contribution is -0.121. The molecule has 33 heavy (non-hydrogen) atoms. The van der Waals surface area contributed by atoms with E-state index in [4.69, 9.17) is 9.47 Å². The lowest BCUT2D eigenvalue weighted by Gasteiger charge is -2.35. The molecule has 1 aromatic rings. The first kappa shape index (κ1) is 25.9. The zero-order valence-electron chi connectivity index (χ0n) is 20.1.